The Balaban J connectivity index is 2.31. The molecule has 0 spiro atoms. The molecule has 9 nitrogen and oxygen atoms in total. The van der Waals surface area contributed by atoms with Crippen LogP contribution in [0, 0.1) is 0 Å². The first-order valence-electron chi connectivity index (χ1n) is 6.79. The second kappa shape index (κ2) is 9.14. The molecular weight excluding hydrogens is 280 g/mol. The van der Waals surface area contributed by atoms with Crippen molar-refractivity contribution in [3.8, 4) is 0 Å². The molecule has 0 aliphatic carbocycles. The van der Waals surface area contributed by atoms with Crippen molar-refractivity contribution in [3.05, 3.63) is 0 Å². The van der Waals surface area contributed by atoms with Crippen LogP contribution in [-0.2, 0) is 14.3 Å². The fourth-order valence-corrected chi connectivity index (χ4v) is 1.88. The summed E-state index contributed by atoms with van der Waals surface area (Å²) in [5, 5.41) is 16.7. The van der Waals surface area contributed by atoms with Gasteiger partial charge in [0.2, 0.25) is 5.91 Å². The number of rotatable bonds is 7. The molecule has 0 aromatic carbocycles. The highest BCUT2D eigenvalue weighted by atomic mass is 16.5. The Labute approximate surface area is 123 Å². The molecule has 0 aromatic heterocycles. The summed E-state index contributed by atoms with van der Waals surface area (Å²) in [4.78, 5) is 36.0. The van der Waals surface area contributed by atoms with Gasteiger partial charge in [0.05, 0.1) is 6.54 Å². The van der Waals surface area contributed by atoms with E-state index in [1.807, 2.05) is 0 Å². The van der Waals surface area contributed by atoms with Crippen molar-refractivity contribution in [1.29, 1.82) is 0 Å². The van der Waals surface area contributed by atoms with Crippen LogP contribution < -0.4 is 16.0 Å². The van der Waals surface area contributed by atoms with E-state index in [0.717, 1.165) is 13.1 Å². The lowest BCUT2D eigenvalue weighted by molar-refractivity contribution is -0.139. The number of carboxylic acids is 1. The predicted molar refractivity (Wildman–Crippen MR) is 73.9 cm³/mol. The number of amides is 3. The Kier molecular flexibility index (Phi) is 7.48. The summed E-state index contributed by atoms with van der Waals surface area (Å²) >= 11 is 0. The third-order valence-electron chi connectivity index (χ3n) is 3.08. The Hall–Kier alpha value is -1.87. The maximum atomic E-state index is 11.8. The van der Waals surface area contributed by atoms with Gasteiger partial charge in [-0.05, 0) is 0 Å². The van der Waals surface area contributed by atoms with Crippen molar-refractivity contribution in [2.24, 2.45) is 0 Å². The molecular formula is C12H22N4O5. The van der Waals surface area contributed by atoms with E-state index in [1.54, 1.807) is 4.90 Å². The van der Waals surface area contributed by atoms with Gasteiger partial charge in [0.25, 0.3) is 0 Å². The number of nitrogens with one attached hydrogen (secondary N) is 3. The zero-order chi connectivity index (χ0) is 15.7. The molecule has 0 aromatic rings. The summed E-state index contributed by atoms with van der Waals surface area (Å²) in [6, 6.07) is -1.72. The number of carbonyl (C=O) groups excluding carboxylic acids is 2. The number of urea groups is 1. The maximum Gasteiger partial charge on any atom is 0.326 e. The molecule has 1 saturated heterocycles. The third kappa shape index (κ3) is 6.41. The van der Waals surface area contributed by atoms with Gasteiger partial charge >= 0.3 is 12.0 Å². The SMILES string of the molecule is COCCC(NC(=O)NCC(=O)N1CCNCC1)C(=O)O. The van der Waals surface area contributed by atoms with Crippen molar-refractivity contribution in [2.45, 2.75) is 12.5 Å². The minimum absolute atomic E-state index is 0.150. The Morgan fingerprint density at radius 1 is 1.33 bits per heavy atom. The van der Waals surface area contributed by atoms with Crippen LogP contribution in [0.15, 0.2) is 0 Å². The van der Waals surface area contributed by atoms with Gasteiger partial charge in [0, 0.05) is 46.3 Å². The number of hydrogen-bond acceptors (Lipinski definition) is 5. The molecule has 4 N–H and O–H groups in total. The summed E-state index contributed by atoms with van der Waals surface area (Å²) in [5.41, 5.74) is 0. The molecule has 1 aliphatic heterocycles. The maximum absolute atomic E-state index is 11.8. The van der Waals surface area contributed by atoms with Crippen LogP contribution in [0.2, 0.25) is 0 Å². The molecule has 9 heteroatoms. The van der Waals surface area contributed by atoms with E-state index in [0.29, 0.717) is 13.1 Å². The number of piperazine rings is 1. The van der Waals surface area contributed by atoms with Gasteiger partial charge in [-0.1, -0.05) is 0 Å². The first kappa shape index (κ1) is 17.2. The predicted octanol–water partition coefficient (Wildman–Crippen LogP) is -1.79. The molecule has 0 saturated carbocycles. The van der Waals surface area contributed by atoms with E-state index in [-0.39, 0.29) is 25.5 Å². The lowest BCUT2D eigenvalue weighted by Crippen LogP contribution is -2.52. The Bertz CT molecular complexity index is 371. The molecule has 3 amide bonds. The second-order valence-electron chi connectivity index (χ2n) is 4.63. The van der Waals surface area contributed by atoms with Gasteiger partial charge in [-0.25, -0.2) is 9.59 Å². The van der Waals surface area contributed by atoms with E-state index < -0.39 is 18.0 Å². The highest BCUT2D eigenvalue weighted by Gasteiger charge is 2.21. The Morgan fingerprint density at radius 2 is 2.00 bits per heavy atom. The van der Waals surface area contributed by atoms with Crippen LogP contribution in [0.25, 0.3) is 0 Å². The lowest BCUT2D eigenvalue weighted by Gasteiger charge is -2.27. The molecule has 0 bridgehead atoms. The highest BCUT2D eigenvalue weighted by Crippen LogP contribution is 1.94. The number of nitrogens with zero attached hydrogens (tertiary/aromatic N) is 1. The largest absolute Gasteiger partial charge is 0.480 e. The van der Waals surface area contributed by atoms with Crippen LogP contribution in [0.5, 0.6) is 0 Å². The highest BCUT2D eigenvalue weighted by molar-refractivity contribution is 5.86. The molecule has 1 unspecified atom stereocenters. The Morgan fingerprint density at radius 3 is 2.57 bits per heavy atom. The van der Waals surface area contributed by atoms with E-state index in [9.17, 15) is 14.4 Å². The molecule has 1 rings (SSSR count). The van der Waals surface area contributed by atoms with Crippen LogP contribution in [0.3, 0.4) is 0 Å². The van der Waals surface area contributed by atoms with Gasteiger partial charge in [0.1, 0.15) is 6.04 Å². The van der Waals surface area contributed by atoms with Gasteiger partial charge in [0.15, 0.2) is 0 Å². The minimum Gasteiger partial charge on any atom is -0.480 e. The number of ether oxygens (including phenoxy) is 1. The lowest BCUT2D eigenvalue weighted by atomic mass is 10.2. The van der Waals surface area contributed by atoms with Crippen LogP contribution in [-0.4, -0.2) is 80.4 Å². The van der Waals surface area contributed by atoms with Crippen molar-refractivity contribution in [2.75, 3.05) is 46.4 Å². The molecule has 1 heterocycles. The van der Waals surface area contributed by atoms with Crippen LogP contribution in [0.1, 0.15) is 6.42 Å². The molecule has 21 heavy (non-hydrogen) atoms. The molecule has 1 fully saturated rings. The van der Waals surface area contributed by atoms with E-state index in [2.05, 4.69) is 16.0 Å². The van der Waals surface area contributed by atoms with Gasteiger partial charge in [-0.15, -0.1) is 0 Å². The number of hydrogen-bond donors (Lipinski definition) is 4. The van der Waals surface area contributed by atoms with Crippen molar-refractivity contribution >= 4 is 17.9 Å². The standard InChI is InChI=1S/C12H22N4O5/c1-21-7-2-9(11(18)19)15-12(20)14-8-10(17)16-5-3-13-4-6-16/h9,13H,2-8H2,1H3,(H,18,19)(H2,14,15,20). The van der Waals surface area contributed by atoms with Crippen molar-refractivity contribution < 1.29 is 24.2 Å². The molecule has 1 aliphatic rings. The number of methoxy groups -OCH3 is 1. The van der Waals surface area contributed by atoms with Crippen LogP contribution in [0.4, 0.5) is 4.79 Å². The third-order valence-corrected chi connectivity index (χ3v) is 3.08. The van der Waals surface area contributed by atoms with Crippen molar-refractivity contribution in [3.63, 3.8) is 0 Å². The molecule has 120 valence electrons. The van der Waals surface area contributed by atoms with E-state index >= 15 is 0 Å². The van der Waals surface area contributed by atoms with Crippen molar-refractivity contribution in [1.82, 2.24) is 20.9 Å². The smallest absolute Gasteiger partial charge is 0.326 e. The minimum atomic E-state index is -1.14. The summed E-state index contributed by atoms with van der Waals surface area (Å²) in [6.07, 6.45) is 0.158. The topological polar surface area (TPSA) is 120 Å². The molecule has 0 radical (unpaired) electrons. The first-order chi connectivity index (χ1) is 10.0. The average molecular weight is 302 g/mol. The summed E-state index contributed by atoms with van der Waals surface area (Å²) < 4.78 is 4.78. The number of carboxylic acid groups (broad SMARTS) is 1. The van der Waals surface area contributed by atoms with Gasteiger partial charge in [-0.2, -0.15) is 0 Å². The van der Waals surface area contributed by atoms with Gasteiger partial charge in [-0.3, -0.25) is 4.79 Å². The average Bonchev–Trinajstić information content (AvgIpc) is 2.49. The fourth-order valence-electron chi connectivity index (χ4n) is 1.88. The summed E-state index contributed by atoms with van der Waals surface area (Å²) in [7, 11) is 1.45. The van der Waals surface area contributed by atoms with E-state index in [4.69, 9.17) is 9.84 Å². The normalized spacial score (nSPS) is 16.1. The monoisotopic (exact) mass is 302 g/mol. The molecule has 1 atom stereocenters. The summed E-state index contributed by atoms with van der Waals surface area (Å²) in [5.74, 6) is -1.33. The first-order valence-corrected chi connectivity index (χ1v) is 6.79. The zero-order valence-corrected chi connectivity index (χ0v) is 12.1. The quantitative estimate of drug-likeness (QED) is 0.441. The van der Waals surface area contributed by atoms with Crippen LogP contribution >= 0.6 is 0 Å². The van der Waals surface area contributed by atoms with E-state index in [1.165, 1.54) is 7.11 Å². The summed E-state index contributed by atoms with van der Waals surface area (Å²) in [6.45, 7) is 2.74. The second-order valence-corrected chi connectivity index (χ2v) is 4.63. The fraction of sp³-hybridized carbons (Fsp3) is 0.750. The van der Waals surface area contributed by atoms with Gasteiger partial charge < -0.3 is 30.7 Å². The number of aliphatic carboxylic acids is 1. The zero-order valence-electron chi connectivity index (χ0n) is 12.1. The number of carbonyl (C=O) groups is 3.